The van der Waals surface area contributed by atoms with Gasteiger partial charge in [0.05, 0.1) is 19.4 Å². The van der Waals surface area contributed by atoms with Gasteiger partial charge in [-0.25, -0.2) is 0 Å². The number of nitrogens with one attached hydrogen (secondary N) is 1. The van der Waals surface area contributed by atoms with Crippen molar-refractivity contribution in [2.24, 2.45) is 11.7 Å². The molecule has 1 saturated carbocycles. The SMILES string of the molecule is COc1ccc(CC(=O)NC2CCCCC2C(N)=O)c(Cl)c1. The Labute approximate surface area is 135 Å². The Morgan fingerprint density at radius 2 is 2.09 bits per heavy atom. The maximum absolute atomic E-state index is 12.2. The first-order valence-electron chi connectivity index (χ1n) is 7.42. The minimum absolute atomic E-state index is 0.148. The summed E-state index contributed by atoms with van der Waals surface area (Å²) in [5.74, 6) is -0.114. The van der Waals surface area contributed by atoms with Gasteiger partial charge in [-0.05, 0) is 30.5 Å². The van der Waals surface area contributed by atoms with E-state index in [4.69, 9.17) is 22.1 Å². The molecule has 0 spiro atoms. The molecule has 6 heteroatoms. The van der Waals surface area contributed by atoms with Crippen molar-refractivity contribution < 1.29 is 14.3 Å². The normalized spacial score (nSPS) is 21.2. The van der Waals surface area contributed by atoms with E-state index in [1.165, 1.54) is 0 Å². The monoisotopic (exact) mass is 324 g/mol. The van der Waals surface area contributed by atoms with Gasteiger partial charge in [0.25, 0.3) is 0 Å². The Hall–Kier alpha value is -1.75. The van der Waals surface area contributed by atoms with Crippen LogP contribution in [0.25, 0.3) is 0 Å². The largest absolute Gasteiger partial charge is 0.497 e. The van der Waals surface area contributed by atoms with Crippen LogP contribution in [0, 0.1) is 5.92 Å². The molecule has 2 amide bonds. The van der Waals surface area contributed by atoms with Crippen molar-refractivity contribution in [2.75, 3.05) is 7.11 Å². The molecule has 0 heterocycles. The summed E-state index contributed by atoms with van der Waals surface area (Å²) < 4.78 is 5.08. The van der Waals surface area contributed by atoms with E-state index >= 15 is 0 Å². The molecule has 1 aliphatic carbocycles. The molecule has 2 atom stereocenters. The van der Waals surface area contributed by atoms with Crippen molar-refractivity contribution >= 4 is 23.4 Å². The van der Waals surface area contributed by atoms with Crippen LogP contribution in [0.2, 0.25) is 5.02 Å². The maximum atomic E-state index is 12.2. The Balaban J connectivity index is 1.98. The molecular weight excluding hydrogens is 304 g/mol. The first-order chi connectivity index (χ1) is 10.5. The van der Waals surface area contributed by atoms with Gasteiger partial charge in [-0.15, -0.1) is 0 Å². The van der Waals surface area contributed by atoms with E-state index in [2.05, 4.69) is 5.32 Å². The first-order valence-corrected chi connectivity index (χ1v) is 7.80. The van der Waals surface area contributed by atoms with Gasteiger partial charge in [-0.1, -0.05) is 30.5 Å². The van der Waals surface area contributed by atoms with Crippen molar-refractivity contribution in [3.63, 3.8) is 0 Å². The summed E-state index contributed by atoms with van der Waals surface area (Å²) in [4.78, 5) is 23.7. The number of halogens is 1. The van der Waals surface area contributed by atoms with Crippen molar-refractivity contribution in [2.45, 2.75) is 38.1 Å². The number of carbonyl (C=O) groups is 2. The number of hydrogen-bond donors (Lipinski definition) is 2. The highest BCUT2D eigenvalue weighted by Crippen LogP contribution is 2.25. The van der Waals surface area contributed by atoms with Gasteiger partial charge in [0, 0.05) is 11.1 Å². The minimum atomic E-state index is -0.340. The first kappa shape index (κ1) is 16.6. The Bertz CT molecular complexity index is 562. The summed E-state index contributed by atoms with van der Waals surface area (Å²) in [7, 11) is 1.56. The van der Waals surface area contributed by atoms with Crippen LogP contribution in [0.3, 0.4) is 0 Å². The lowest BCUT2D eigenvalue weighted by molar-refractivity contribution is -0.125. The molecule has 2 rings (SSSR count). The fourth-order valence-corrected chi connectivity index (χ4v) is 3.11. The summed E-state index contributed by atoms with van der Waals surface area (Å²) in [5, 5.41) is 3.42. The van der Waals surface area contributed by atoms with Crippen molar-refractivity contribution in [3.8, 4) is 5.75 Å². The minimum Gasteiger partial charge on any atom is -0.497 e. The Kier molecular flexibility index (Phi) is 5.66. The molecule has 1 fully saturated rings. The maximum Gasteiger partial charge on any atom is 0.224 e. The molecule has 0 bridgehead atoms. The van der Waals surface area contributed by atoms with Crippen LogP contribution in [-0.4, -0.2) is 25.0 Å². The van der Waals surface area contributed by atoms with Gasteiger partial charge in [0.2, 0.25) is 11.8 Å². The second-order valence-electron chi connectivity index (χ2n) is 5.60. The molecular formula is C16H21ClN2O3. The third kappa shape index (κ3) is 4.13. The van der Waals surface area contributed by atoms with Crippen molar-refractivity contribution in [1.29, 1.82) is 0 Å². The lowest BCUT2D eigenvalue weighted by atomic mass is 9.84. The molecule has 1 aromatic carbocycles. The summed E-state index contributed by atoms with van der Waals surface area (Å²) in [6.07, 6.45) is 3.67. The quantitative estimate of drug-likeness (QED) is 0.869. The number of hydrogen-bond acceptors (Lipinski definition) is 3. The third-order valence-electron chi connectivity index (χ3n) is 4.09. The lowest BCUT2D eigenvalue weighted by Crippen LogP contribution is -2.47. The number of methoxy groups -OCH3 is 1. The van der Waals surface area contributed by atoms with Gasteiger partial charge < -0.3 is 15.8 Å². The van der Waals surface area contributed by atoms with Crippen LogP contribution in [-0.2, 0) is 16.0 Å². The van der Waals surface area contributed by atoms with Crippen LogP contribution in [0.15, 0.2) is 18.2 Å². The smallest absolute Gasteiger partial charge is 0.224 e. The number of benzene rings is 1. The number of amides is 2. The van der Waals surface area contributed by atoms with E-state index in [0.29, 0.717) is 10.8 Å². The van der Waals surface area contributed by atoms with Crippen molar-refractivity contribution in [3.05, 3.63) is 28.8 Å². The molecule has 1 aliphatic rings. The zero-order valence-corrected chi connectivity index (χ0v) is 13.4. The van der Waals surface area contributed by atoms with Gasteiger partial charge in [0.15, 0.2) is 0 Å². The number of ether oxygens (including phenoxy) is 1. The standard InChI is InChI=1S/C16H21ClN2O3/c1-22-11-7-6-10(13(17)9-11)8-15(20)19-14-5-3-2-4-12(14)16(18)21/h6-7,9,12,14H,2-5,8H2,1H3,(H2,18,21)(H,19,20). The molecule has 120 valence electrons. The summed E-state index contributed by atoms with van der Waals surface area (Å²) in [6.45, 7) is 0. The highest BCUT2D eigenvalue weighted by atomic mass is 35.5. The summed E-state index contributed by atoms with van der Waals surface area (Å²) >= 11 is 6.14. The van der Waals surface area contributed by atoms with E-state index in [-0.39, 0.29) is 30.2 Å². The van der Waals surface area contributed by atoms with Gasteiger partial charge in [-0.2, -0.15) is 0 Å². The average molecular weight is 325 g/mol. The van der Waals surface area contributed by atoms with E-state index in [1.807, 2.05) is 0 Å². The fraction of sp³-hybridized carbons (Fsp3) is 0.500. The number of nitrogens with two attached hydrogens (primary N) is 1. The average Bonchev–Trinajstić information content (AvgIpc) is 2.49. The molecule has 0 aromatic heterocycles. The summed E-state index contributed by atoms with van der Waals surface area (Å²) in [6, 6.07) is 5.04. The van der Waals surface area contributed by atoms with Crippen LogP contribution in [0.1, 0.15) is 31.2 Å². The number of rotatable bonds is 5. The van der Waals surface area contributed by atoms with Gasteiger partial charge in [-0.3, -0.25) is 9.59 Å². The van der Waals surface area contributed by atoms with Gasteiger partial charge in [0.1, 0.15) is 5.75 Å². The number of carbonyl (C=O) groups excluding carboxylic acids is 2. The Morgan fingerprint density at radius 3 is 2.73 bits per heavy atom. The second-order valence-corrected chi connectivity index (χ2v) is 6.01. The van der Waals surface area contributed by atoms with Crippen LogP contribution < -0.4 is 15.8 Å². The molecule has 5 nitrogen and oxygen atoms in total. The van der Waals surface area contributed by atoms with Crippen LogP contribution >= 0.6 is 11.6 Å². The third-order valence-corrected chi connectivity index (χ3v) is 4.44. The topological polar surface area (TPSA) is 81.4 Å². The molecule has 22 heavy (non-hydrogen) atoms. The molecule has 0 radical (unpaired) electrons. The van der Waals surface area contributed by atoms with Crippen LogP contribution in [0.4, 0.5) is 0 Å². The van der Waals surface area contributed by atoms with Gasteiger partial charge >= 0.3 is 0 Å². The summed E-state index contributed by atoms with van der Waals surface area (Å²) in [5.41, 5.74) is 6.14. The molecule has 0 saturated heterocycles. The molecule has 1 aromatic rings. The Morgan fingerprint density at radius 1 is 1.36 bits per heavy atom. The van der Waals surface area contributed by atoms with Crippen LogP contribution in [0.5, 0.6) is 5.75 Å². The van der Waals surface area contributed by atoms with E-state index in [9.17, 15) is 9.59 Å². The van der Waals surface area contributed by atoms with Crippen molar-refractivity contribution in [1.82, 2.24) is 5.32 Å². The second kappa shape index (κ2) is 7.49. The predicted octanol–water partition coefficient (Wildman–Crippen LogP) is 2.05. The van der Waals surface area contributed by atoms with E-state index in [0.717, 1.165) is 31.2 Å². The fourth-order valence-electron chi connectivity index (χ4n) is 2.87. The molecule has 3 N–H and O–H groups in total. The molecule has 2 unspecified atom stereocenters. The predicted molar refractivity (Wildman–Crippen MR) is 84.8 cm³/mol. The molecule has 0 aliphatic heterocycles. The lowest BCUT2D eigenvalue weighted by Gasteiger charge is -2.30. The highest BCUT2D eigenvalue weighted by Gasteiger charge is 2.30. The van der Waals surface area contributed by atoms with E-state index < -0.39 is 0 Å². The zero-order chi connectivity index (χ0) is 16.1. The number of primary amides is 1. The van der Waals surface area contributed by atoms with E-state index in [1.54, 1.807) is 25.3 Å². The zero-order valence-electron chi connectivity index (χ0n) is 12.6. The highest BCUT2D eigenvalue weighted by molar-refractivity contribution is 6.31.